The topological polar surface area (TPSA) is 35.9 Å². The van der Waals surface area contributed by atoms with Crippen molar-refractivity contribution in [3.8, 4) is 0 Å². The first-order valence-electron chi connectivity index (χ1n) is 7.19. The Kier molecular flexibility index (Phi) is 4.42. The first-order chi connectivity index (χ1) is 9.52. The van der Waals surface area contributed by atoms with E-state index in [0.717, 1.165) is 37.3 Å². The van der Waals surface area contributed by atoms with Gasteiger partial charge in [-0.15, -0.1) is 0 Å². The van der Waals surface area contributed by atoms with E-state index in [1.54, 1.807) is 11.9 Å². The molecule has 0 aliphatic carbocycles. The maximum atomic E-state index is 12.2. The van der Waals surface area contributed by atoms with E-state index in [1.165, 1.54) is 11.1 Å². The summed E-state index contributed by atoms with van der Waals surface area (Å²) in [6.45, 7) is 5.20. The fraction of sp³-hybridized carbons (Fsp3) is 0.500. The first-order valence-corrected chi connectivity index (χ1v) is 7.19. The second-order valence-electron chi connectivity index (χ2n) is 5.36. The first kappa shape index (κ1) is 14.6. The number of hydrogen-bond acceptors (Lipinski definition) is 1. The Morgan fingerprint density at radius 3 is 2.75 bits per heavy atom. The molecule has 1 aliphatic rings. The zero-order valence-corrected chi connectivity index (χ0v) is 12.8. The van der Waals surface area contributed by atoms with Gasteiger partial charge in [0.05, 0.1) is 0 Å². The molecule has 0 N–H and O–H groups in total. The van der Waals surface area contributed by atoms with Gasteiger partial charge in [0.25, 0.3) is 0 Å². The molecule has 0 bridgehead atoms. The van der Waals surface area contributed by atoms with Crippen LogP contribution in [-0.2, 0) is 6.42 Å². The van der Waals surface area contributed by atoms with E-state index in [2.05, 4.69) is 35.9 Å². The van der Waals surface area contributed by atoms with Crippen LogP contribution in [0, 0.1) is 6.92 Å². The van der Waals surface area contributed by atoms with Crippen LogP contribution in [0.3, 0.4) is 0 Å². The SMILES string of the molecule is CCc1ccc(N(C)C(=O)N=C2CCCN2C)cc1C. The molecular weight excluding hydrogens is 250 g/mol. The maximum Gasteiger partial charge on any atom is 0.349 e. The van der Waals surface area contributed by atoms with E-state index < -0.39 is 0 Å². The average Bonchev–Trinajstić information content (AvgIpc) is 2.83. The quantitative estimate of drug-likeness (QED) is 0.829. The molecule has 0 radical (unpaired) electrons. The van der Waals surface area contributed by atoms with Gasteiger partial charge in [0.15, 0.2) is 0 Å². The molecule has 108 valence electrons. The number of anilines is 1. The number of amides is 2. The summed E-state index contributed by atoms with van der Waals surface area (Å²) >= 11 is 0. The van der Waals surface area contributed by atoms with E-state index in [4.69, 9.17) is 0 Å². The third-order valence-corrected chi connectivity index (χ3v) is 3.94. The van der Waals surface area contributed by atoms with Crippen molar-refractivity contribution in [2.45, 2.75) is 33.1 Å². The fourth-order valence-electron chi connectivity index (χ4n) is 2.52. The molecule has 0 spiro atoms. The Hall–Kier alpha value is -1.84. The second-order valence-corrected chi connectivity index (χ2v) is 5.36. The van der Waals surface area contributed by atoms with Crippen LogP contribution in [0.25, 0.3) is 0 Å². The second kappa shape index (κ2) is 6.07. The molecule has 2 rings (SSSR count). The molecule has 2 amide bonds. The predicted octanol–water partition coefficient (Wildman–Crippen LogP) is 3.24. The molecule has 4 heteroatoms. The number of carbonyl (C=O) groups is 1. The number of likely N-dealkylation sites (tertiary alicyclic amines) is 1. The van der Waals surface area contributed by atoms with Crippen molar-refractivity contribution in [2.24, 2.45) is 4.99 Å². The molecular formula is C16H23N3O. The Morgan fingerprint density at radius 2 is 2.20 bits per heavy atom. The lowest BCUT2D eigenvalue weighted by atomic mass is 10.1. The highest BCUT2D eigenvalue weighted by Gasteiger charge is 2.18. The largest absolute Gasteiger partial charge is 0.363 e. The maximum absolute atomic E-state index is 12.2. The van der Waals surface area contributed by atoms with Crippen molar-refractivity contribution < 1.29 is 4.79 Å². The van der Waals surface area contributed by atoms with Gasteiger partial charge < -0.3 is 4.90 Å². The number of rotatable bonds is 2. The van der Waals surface area contributed by atoms with Gasteiger partial charge >= 0.3 is 6.03 Å². The monoisotopic (exact) mass is 273 g/mol. The van der Waals surface area contributed by atoms with Crippen LogP contribution in [-0.4, -0.2) is 37.4 Å². The van der Waals surface area contributed by atoms with Crippen molar-refractivity contribution in [3.63, 3.8) is 0 Å². The molecule has 1 saturated heterocycles. The lowest BCUT2D eigenvalue weighted by molar-refractivity contribution is 0.255. The number of amidine groups is 1. The van der Waals surface area contributed by atoms with Gasteiger partial charge in [-0.3, -0.25) is 4.90 Å². The highest BCUT2D eigenvalue weighted by molar-refractivity contribution is 6.01. The van der Waals surface area contributed by atoms with Crippen molar-refractivity contribution in [1.29, 1.82) is 0 Å². The average molecular weight is 273 g/mol. The number of hydrogen-bond donors (Lipinski definition) is 0. The van der Waals surface area contributed by atoms with E-state index in [0.29, 0.717) is 0 Å². The molecule has 1 fully saturated rings. The zero-order chi connectivity index (χ0) is 14.7. The van der Waals surface area contributed by atoms with Crippen molar-refractivity contribution in [2.75, 3.05) is 25.5 Å². The minimum atomic E-state index is -0.197. The van der Waals surface area contributed by atoms with Crippen LogP contribution >= 0.6 is 0 Å². The zero-order valence-electron chi connectivity index (χ0n) is 12.8. The lowest BCUT2D eigenvalue weighted by Crippen LogP contribution is -2.27. The van der Waals surface area contributed by atoms with Crippen LogP contribution < -0.4 is 4.90 Å². The van der Waals surface area contributed by atoms with E-state index in [1.807, 2.05) is 13.1 Å². The highest BCUT2D eigenvalue weighted by atomic mass is 16.2. The third kappa shape index (κ3) is 3.00. The minimum absolute atomic E-state index is 0.197. The van der Waals surface area contributed by atoms with Gasteiger partial charge in [-0.25, -0.2) is 4.79 Å². The normalized spacial score (nSPS) is 16.8. The summed E-state index contributed by atoms with van der Waals surface area (Å²) < 4.78 is 0. The van der Waals surface area contributed by atoms with Crippen molar-refractivity contribution >= 4 is 17.6 Å². The third-order valence-electron chi connectivity index (χ3n) is 3.94. The van der Waals surface area contributed by atoms with Crippen LogP contribution in [0.4, 0.5) is 10.5 Å². The molecule has 0 unspecified atom stereocenters. The molecule has 4 nitrogen and oxygen atoms in total. The Morgan fingerprint density at radius 1 is 1.45 bits per heavy atom. The lowest BCUT2D eigenvalue weighted by Gasteiger charge is -2.18. The highest BCUT2D eigenvalue weighted by Crippen LogP contribution is 2.20. The standard InChI is InChI=1S/C16H23N3O/c1-5-13-8-9-14(11-12(13)2)19(4)16(20)17-15-7-6-10-18(15)3/h8-9,11H,5-7,10H2,1-4H3. The van der Waals surface area contributed by atoms with Gasteiger partial charge in [0.1, 0.15) is 5.84 Å². The Bertz CT molecular complexity index is 537. The number of nitrogens with zero attached hydrogens (tertiary/aromatic N) is 3. The summed E-state index contributed by atoms with van der Waals surface area (Å²) in [5.41, 5.74) is 3.43. The number of aryl methyl sites for hydroxylation is 2. The van der Waals surface area contributed by atoms with Crippen molar-refractivity contribution in [1.82, 2.24) is 4.90 Å². The molecule has 0 aromatic heterocycles. The van der Waals surface area contributed by atoms with E-state index in [9.17, 15) is 4.79 Å². The number of carbonyl (C=O) groups excluding carboxylic acids is 1. The smallest absolute Gasteiger partial charge is 0.349 e. The predicted molar refractivity (Wildman–Crippen MR) is 83.7 cm³/mol. The fourth-order valence-corrected chi connectivity index (χ4v) is 2.52. The summed E-state index contributed by atoms with van der Waals surface area (Å²) in [7, 11) is 3.76. The number of urea groups is 1. The molecule has 1 heterocycles. The molecule has 1 aliphatic heterocycles. The summed E-state index contributed by atoms with van der Waals surface area (Å²) in [5.74, 6) is 0.892. The van der Waals surface area contributed by atoms with Gasteiger partial charge in [0.2, 0.25) is 0 Å². The summed E-state index contributed by atoms with van der Waals surface area (Å²) in [4.78, 5) is 20.1. The molecule has 0 atom stereocenters. The summed E-state index contributed by atoms with van der Waals surface area (Å²) in [6, 6.07) is 5.93. The number of aliphatic imine (C=N–C) groups is 1. The summed E-state index contributed by atoms with van der Waals surface area (Å²) in [6.07, 6.45) is 2.98. The molecule has 1 aromatic rings. The molecule has 1 aromatic carbocycles. The van der Waals surface area contributed by atoms with Crippen molar-refractivity contribution in [3.05, 3.63) is 29.3 Å². The van der Waals surface area contributed by atoms with Crippen LogP contribution in [0.5, 0.6) is 0 Å². The Balaban J connectivity index is 2.16. The van der Waals surface area contributed by atoms with Crippen LogP contribution in [0.15, 0.2) is 23.2 Å². The van der Waals surface area contributed by atoms with Gasteiger partial charge in [-0.2, -0.15) is 4.99 Å². The van der Waals surface area contributed by atoms with E-state index in [-0.39, 0.29) is 6.03 Å². The Labute approximate surface area is 121 Å². The summed E-state index contributed by atoms with van der Waals surface area (Å²) in [5, 5.41) is 0. The van der Waals surface area contributed by atoms with Crippen LogP contribution in [0.2, 0.25) is 0 Å². The molecule has 0 saturated carbocycles. The minimum Gasteiger partial charge on any atom is -0.363 e. The number of benzene rings is 1. The van der Waals surface area contributed by atoms with Crippen LogP contribution in [0.1, 0.15) is 30.9 Å². The molecule has 20 heavy (non-hydrogen) atoms. The van der Waals surface area contributed by atoms with Gasteiger partial charge in [0, 0.05) is 32.7 Å². The van der Waals surface area contributed by atoms with E-state index >= 15 is 0 Å². The van der Waals surface area contributed by atoms with Gasteiger partial charge in [-0.05, 0) is 43.0 Å². The van der Waals surface area contributed by atoms with Gasteiger partial charge in [-0.1, -0.05) is 13.0 Å².